The van der Waals surface area contributed by atoms with Crippen molar-refractivity contribution in [1.82, 2.24) is 9.80 Å². The highest BCUT2D eigenvalue weighted by Crippen LogP contribution is 2.28. The Kier molecular flexibility index (Phi) is 6.90. The second-order valence-electron chi connectivity index (χ2n) is 8.02. The zero-order valence-corrected chi connectivity index (χ0v) is 15.7. The van der Waals surface area contributed by atoms with Gasteiger partial charge in [-0.1, -0.05) is 20.8 Å². The number of hydrogen-bond donors (Lipinski definition) is 1. The van der Waals surface area contributed by atoms with E-state index < -0.39 is 0 Å². The fraction of sp³-hybridized carbons (Fsp3) is 0.882. The van der Waals surface area contributed by atoms with Crippen molar-refractivity contribution in [1.29, 1.82) is 0 Å². The molecule has 6 heteroatoms. The smallest absolute Gasteiger partial charge is 0.227 e. The van der Waals surface area contributed by atoms with Gasteiger partial charge in [0.05, 0.1) is 5.92 Å². The Morgan fingerprint density at radius 2 is 1.87 bits per heavy atom. The van der Waals surface area contributed by atoms with Gasteiger partial charge in [0.2, 0.25) is 11.8 Å². The molecule has 2 amide bonds. The Morgan fingerprint density at radius 3 is 2.39 bits per heavy atom. The van der Waals surface area contributed by atoms with Gasteiger partial charge in [-0.2, -0.15) is 0 Å². The first-order chi connectivity index (χ1) is 10.2. The van der Waals surface area contributed by atoms with E-state index in [0.717, 1.165) is 32.4 Å². The summed E-state index contributed by atoms with van der Waals surface area (Å²) in [5.74, 6) is 0.753. The van der Waals surface area contributed by atoms with Crippen molar-refractivity contribution in [3.05, 3.63) is 0 Å². The van der Waals surface area contributed by atoms with Crippen LogP contribution in [0.1, 0.15) is 47.0 Å². The Balaban J connectivity index is 0.00000264. The highest BCUT2D eigenvalue weighted by atomic mass is 35.5. The van der Waals surface area contributed by atoms with Crippen molar-refractivity contribution in [3.63, 3.8) is 0 Å². The number of nitrogens with two attached hydrogens (primary N) is 1. The maximum absolute atomic E-state index is 12.8. The summed E-state index contributed by atoms with van der Waals surface area (Å²) in [5.41, 5.74) is 5.38. The van der Waals surface area contributed by atoms with E-state index in [1.54, 1.807) is 0 Å². The number of likely N-dealkylation sites (tertiary alicyclic amines) is 2. The number of carbonyl (C=O) groups is 2. The molecule has 0 aliphatic carbocycles. The number of carbonyl (C=O) groups excluding carboxylic acids is 2. The molecule has 0 aromatic rings. The summed E-state index contributed by atoms with van der Waals surface area (Å²) in [6.07, 6.45) is 2.81. The van der Waals surface area contributed by atoms with Gasteiger partial charge in [0.1, 0.15) is 0 Å². The predicted molar refractivity (Wildman–Crippen MR) is 94.3 cm³/mol. The fourth-order valence-electron chi connectivity index (χ4n) is 3.69. The van der Waals surface area contributed by atoms with Crippen LogP contribution in [-0.4, -0.2) is 53.8 Å². The zero-order valence-electron chi connectivity index (χ0n) is 14.9. The molecule has 2 aliphatic heterocycles. The second-order valence-corrected chi connectivity index (χ2v) is 8.02. The minimum atomic E-state index is -0.378. The van der Waals surface area contributed by atoms with Crippen LogP contribution in [0.2, 0.25) is 0 Å². The van der Waals surface area contributed by atoms with Crippen molar-refractivity contribution in [3.8, 4) is 0 Å². The molecular formula is C17H32ClN3O2. The number of hydrogen-bond acceptors (Lipinski definition) is 3. The molecule has 0 radical (unpaired) electrons. The van der Waals surface area contributed by atoms with Crippen molar-refractivity contribution in [2.75, 3.05) is 26.2 Å². The lowest BCUT2D eigenvalue weighted by Gasteiger charge is -2.37. The molecule has 134 valence electrons. The SMILES string of the molecule is CC1CC(CN)CN1C(=O)C1CCCN(C(=O)C(C)(C)C)C1.Cl. The monoisotopic (exact) mass is 345 g/mol. The summed E-state index contributed by atoms with van der Waals surface area (Å²) >= 11 is 0. The van der Waals surface area contributed by atoms with Gasteiger partial charge < -0.3 is 15.5 Å². The maximum Gasteiger partial charge on any atom is 0.227 e. The van der Waals surface area contributed by atoms with Gasteiger partial charge in [-0.25, -0.2) is 0 Å². The topological polar surface area (TPSA) is 66.6 Å². The Labute approximate surface area is 146 Å². The van der Waals surface area contributed by atoms with Gasteiger partial charge in [-0.15, -0.1) is 12.4 Å². The normalized spacial score (nSPS) is 28.5. The van der Waals surface area contributed by atoms with Crippen LogP contribution in [0.3, 0.4) is 0 Å². The third kappa shape index (κ3) is 4.60. The molecule has 2 saturated heterocycles. The van der Waals surface area contributed by atoms with Crippen LogP contribution in [-0.2, 0) is 9.59 Å². The van der Waals surface area contributed by atoms with Crippen LogP contribution in [0.25, 0.3) is 0 Å². The summed E-state index contributed by atoms with van der Waals surface area (Å²) in [6.45, 7) is 10.7. The molecule has 5 nitrogen and oxygen atoms in total. The minimum absolute atomic E-state index is 0. The summed E-state index contributed by atoms with van der Waals surface area (Å²) in [5, 5.41) is 0. The first kappa shape index (κ1) is 20.2. The van der Waals surface area contributed by atoms with E-state index in [1.807, 2.05) is 30.6 Å². The number of nitrogens with zero attached hydrogens (tertiary/aromatic N) is 2. The van der Waals surface area contributed by atoms with Gasteiger partial charge in [0.25, 0.3) is 0 Å². The lowest BCUT2D eigenvalue weighted by molar-refractivity contribution is -0.145. The van der Waals surface area contributed by atoms with E-state index >= 15 is 0 Å². The van der Waals surface area contributed by atoms with Crippen LogP contribution in [0, 0.1) is 17.3 Å². The Morgan fingerprint density at radius 1 is 1.22 bits per heavy atom. The summed E-state index contributed by atoms with van der Waals surface area (Å²) in [7, 11) is 0. The molecule has 0 bridgehead atoms. The average molecular weight is 346 g/mol. The number of piperidine rings is 1. The summed E-state index contributed by atoms with van der Waals surface area (Å²) in [6, 6.07) is 0.273. The van der Waals surface area contributed by atoms with Crippen LogP contribution in [0.4, 0.5) is 0 Å². The maximum atomic E-state index is 12.8. The third-order valence-electron chi connectivity index (χ3n) is 4.98. The fourth-order valence-corrected chi connectivity index (χ4v) is 3.69. The Hall–Kier alpha value is -0.810. The van der Waals surface area contributed by atoms with Crippen LogP contribution < -0.4 is 5.73 Å². The molecule has 2 N–H and O–H groups in total. The molecule has 0 spiro atoms. The molecule has 0 aromatic carbocycles. The molecule has 2 aliphatic rings. The zero-order chi connectivity index (χ0) is 16.5. The first-order valence-electron chi connectivity index (χ1n) is 8.54. The molecular weight excluding hydrogens is 314 g/mol. The number of rotatable bonds is 2. The van der Waals surface area contributed by atoms with E-state index in [4.69, 9.17) is 5.73 Å². The minimum Gasteiger partial charge on any atom is -0.341 e. The van der Waals surface area contributed by atoms with E-state index in [0.29, 0.717) is 19.0 Å². The lowest BCUT2D eigenvalue weighted by Crippen LogP contribution is -2.50. The summed E-state index contributed by atoms with van der Waals surface area (Å²) < 4.78 is 0. The van der Waals surface area contributed by atoms with Gasteiger partial charge in [-0.3, -0.25) is 9.59 Å². The highest BCUT2D eigenvalue weighted by Gasteiger charge is 2.38. The lowest BCUT2D eigenvalue weighted by atomic mass is 9.90. The molecule has 2 fully saturated rings. The number of amides is 2. The molecule has 2 heterocycles. The van der Waals surface area contributed by atoms with E-state index in [-0.39, 0.29) is 41.6 Å². The standard InChI is InChI=1S/C17H31N3O2.ClH/c1-12-8-13(9-18)10-20(12)15(21)14-6-5-7-19(11-14)16(22)17(2,3)4;/h12-14H,5-11,18H2,1-4H3;1H. The van der Waals surface area contributed by atoms with E-state index in [1.165, 1.54) is 0 Å². The molecule has 3 unspecified atom stereocenters. The van der Waals surface area contributed by atoms with Gasteiger partial charge >= 0.3 is 0 Å². The van der Waals surface area contributed by atoms with Crippen LogP contribution in [0.15, 0.2) is 0 Å². The van der Waals surface area contributed by atoms with Crippen LogP contribution >= 0.6 is 12.4 Å². The molecule has 2 rings (SSSR count). The molecule has 0 saturated carbocycles. The number of halogens is 1. The molecule has 0 aromatic heterocycles. The van der Waals surface area contributed by atoms with Gasteiger partial charge in [-0.05, 0) is 38.6 Å². The first-order valence-corrected chi connectivity index (χ1v) is 8.54. The van der Waals surface area contributed by atoms with Gasteiger partial charge in [0.15, 0.2) is 0 Å². The second kappa shape index (κ2) is 7.84. The molecule has 23 heavy (non-hydrogen) atoms. The van der Waals surface area contributed by atoms with Crippen molar-refractivity contribution in [2.24, 2.45) is 23.0 Å². The largest absolute Gasteiger partial charge is 0.341 e. The van der Waals surface area contributed by atoms with E-state index in [9.17, 15) is 9.59 Å². The van der Waals surface area contributed by atoms with E-state index in [2.05, 4.69) is 6.92 Å². The van der Waals surface area contributed by atoms with Crippen molar-refractivity contribution < 1.29 is 9.59 Å². The third-order valence-corrected chi connectivity index (χ3v) is 4.98. The van der Waals surface area contributed by atoms with Gasteiger partial charge in [0, 0.05) is 31.1 Å². The van der Waals surface area contributed by atoms with Crippen molar-refractivity contribution >= 4 is 24.2 Å². The summed E-state index contributed by atoms with van der Waals surface area (Å²) in [4.78, 5) is 29.2. The van der Waals surface area contributed by atoms with Crippen molar-refractivity contribution in [2.45, 2.75) is 53.0 Å². The molecule has 3 atom stereocenters. The quantitative estimate of drug-likeness (QED) is 0.831. The van der Waals surface area contributed by atoms with Crippen LogP contribution in [0.5, 0.6) is 0 Å². The predicted octanol–water partition coefficient (Wildman–Crippen LogP) is 1.89. The Bertz CT molecular complexity index is 436. The average Bonchev–Trinajstić information content (AvgIpc) is 2.86. The highest BCUT2D eigenvalue weighted by molar-refractivity contribution is 5.85.